The van der Waals surface area contributed by atoms with Crippen LogP contribution in [0, 0.1) is 11.3 Å². The number of pyridine rings is 1. The molecule has 96 valence electrons. The zero-order chi connectivity index (χ0) is 13.7. The fourth-order valence-corrected chi connectivity index (χ4v) is 1.75. The van der Waals surface area contributed by atoms with Gasteiger partial charge in [0.1, 0.15) is 11.1 Å². The number of carbonyl (C=O) groups excluding carboxylic acids is 1. The molecule has 2 aromatic heterocycles. The molecule has 0 aliphatic carbocycles. The molecule has 0 unspecified atom stereocenters. The predicted octanol–water partition coefficient (Wildman–Crippen LogP) is 1.66. The van der Waals surface area contributed by atoms with Crippen molar-refractivity contribution >= 4 is 17.7 Å². The van der Waals surface area contributed by atoms with Crippen LogP contribution in [0.25, 0.3) is 0 Å². The number of nitrogens with zero attached hydrogens (tertiary/aromatic N) is 4. The summed E-state index contributed by atoms with van der Waals surface area (Å²) < 4.78 is 9.85. The number of hydrogen-bond acceptors (Lipinski definition) is 8. The van der Waals surface area contributed by atoms with Crippen LogP contribution < -0.4 is 0 Å². The molecule has 2 rings (SSSR count). The molecule has 0 saturated heterocycles. The lowest BCUT2D eigenvalue weighted by molar-refractivity contribution is 0.0475. The topological polar surface area (TPSA) is 102 Å². The van der Waals surface area contributed by atoms with E-state index in [1.807, 2.05) is 6.07 Å². The Morgan fingerprint density at radius 2 is 2.37 bits per heavy atom. The SMILES string of the molecule is CCOC(=O)c1nnc(Sc2ccc(C#N)cn2)o1. The number of ether oxygens (including phenoxy) is 1. The molecule has 0 spiro atoms. The minimum atomic E-state index is -0.658. The first-order valence-corrected chi connectivity index (χ1v) is 6.09. The normalized spacial score (nSPS) is 9.89. The molecule has 0 saturated carbocycles. The van der Waals surface area contributed by atoms with Gasteiger partial charge in [-0.25, -0.2) is 9.78 Å². The average Bonchev–Trinajstić information content (AvgIpc) is 2.88. The maximum Gasteiger partial charge on any atom is 0.396 e. The zero-order valence-electron chi connectivity index (χ0n) is 9.86. The van der Waals surface area contributed by atoms with Crippen LogP contribution in [0.1, 0.15) is 23.2 Å². The van der Waals surface area contributed by atoms with E-state index in [9.17, 15) is 4.79 Å². The molecule has 2 heterocycles. The van der Waals surface area contributed by atoms with Gasteiger partial charge >= 0.3 is 11.9 Å². The summed E-state index contributed by atoms with van der Waals surface area (Å²) in [5.41, 5.74) is 0.460. The molecule has 7 nitrogen and oxygen atoms in total. The second-order valence-corrected chi connectivity index (χ2v) is 4.16. The molecule has 0 N–H and O–H groups in total. The van der Waals surface area contributed by atoms with Crippen molar-refractivity contribution in [2.45, 2.75) is 17.2 Å². The van der Waals surface area contributed by atoms with Gasteiger partial charge in [-0.05, 0) is 30.8 Å². The van der Waals surface area contributed by atoms with Crippen LogP contribution in [-0.4, -0.2) is 27.8 Å². The second kappa shape index (κ2) is 5.97. The van der Waals surface area contributed by atoms with Gasteiger partial charge in [0.25, 0.3) is 5.22 Å². The Labute approximate surface area is 112 Å². The van der Waals surface area contributed by atoms with E-state index in [2.05, 4.69) is 15.2 Å². The van der Waals surface area contributed by atoms with Gasteiger partial charge in [-0.3, -0.25) is 0 Å². The number of carbonyl (C=O) groups is 1. The Morgan fingerprint density at radius 1 is 1.53 bits per heavy atom. The van der Waals surface area contributed by atoms with E-state index < -0.39 is 5.97 Å². The van der Waals surface area contributed by atoms with Gasteiger partial charge in [-0.15, -0.1) is 5.10 Å². The van der Waals surface area contributed by atoms with Crippen LogP contribution in [0.15, 0.2) is 33.0 Å². The Bertz CT molecular complexity index is 618. The van der Waals surface area contributed by atoms with Crippen molar-refractivity contribution in [1.29, 1.82) is 5.26 Å². The van der Waals surface area contributed by atoms with E-state index in [1.54, 1.807) is 19.1 Å². The third-order valence-electron chi connectivity index (χ3n) is 1.91. The van der Waals surface area contributed by atoms with Gasteiger partial charge in [-0.1, -0.05) is 5.10 Å². The quantitative estimate of drug-likeness (QED) is 0.777. The van der Waals surface area contributed by atoms with Crippen molar-refractivity contribution in [3.8, 4) is 6.07 Å². The minimum Gasteiger partial charge on any atom is -0.459 e. The molecule has 8 heteroatoms. The largest absolute Gasteiger partial charge is 0.459 e. The van der Waals surface area contributed by atoms with Gasteiger partial charge in [0.05, 0.1) is 12.2 Å². The van der Waals surface area contributed by atoms with Crippen LogP contribution in [-0.2, 0) is 4.74 Å². The number of esters is 1. The first-order valence-electron chi connectivity index (χ1n) is 5.27. The Kier molecular flexibility index (Phi) is 4.10. The first kappa shape index (κ1) is 13.0. The van der Waals surface area contributed by atoms with E-state index in [4.69, 9.17) is 14.4 Å². The van der Waals surface area contributed by atoms with Crippen molar-refractivity contribution in [1.82, 2.24) is 15.2 Å². The highest BCUT2D eigenvalue weighted by Crippen LogP contribution is 2.24. The van der Waals surface area contributed by atoms with Gasteiger partial charge < -0.3 is 9.15 Å². The first-order chi connectivity index (χ1) is 9.22. The predicted molar refractivity (Wildman–Crippen MR) is 63.3 cm³/mol. The standard InChI is InChI=1S/C11H8N4O3S/c1-2-17-10(16)9-14-15-11(18-9)19-8-4-3-7(5-12)6-13-8/h3-4,6H,2H2,1H3. The summed E-state index contributed by atoms with van der Waals surface area (Å²) in [6, 6.07) is 5.24. The van der Waals surface area contributed by atoms with Crippen molar-refractivity contribution in [2.75, 3.05) is 6.61 Å². The second-order valence-electron chi connectivity index (χ2n) is 3.19. The van der Waals surface area contributed by atoms with E-state index in [1.165, 1.54) is 6.20 Å². The average molecular weight is 276 g/mol. The zero-order valence-corrected chi connectivity index (χ0v) is 10.7. The van der Waals surface area contributed by atoms with E-state index in [-0.39, 0.29) is 17.7 Å². The molecule has 0 bridgehead atoms. The number of aromatic nitrogens is 3. The Balaban J connectivity index is 2.07. The molecular formula is C11H8N4O3S. The summed E-state index contributed by atoms with van der Waals surface area (Å²) in [5, 5.41) is 16.7. The van der Waals surface area contributed by atoms with E-state index in [0.29, 0.717) is 10.6 Å². The van der Waals surface area contributed by atoms with E-state index >= 15 is 0 Å². The third-order valence-corrected chi connectivity index (χ3v) is 2.70. The molecule has 0 amide bonds. The fraction of sp³-hybridized carbons (Fsp3) is 0.182. The fourth-order valence-electron chi connectivity index (χ4n) is 1.12. The molecule has 0 atom stereocenters. The summed E-state index contributed by atoms with van der Waals surface area (Å²) in [6.07, 6.45) is 1.44. The maximum absolute atomic E-state index is 11.3. The number of nitriles is 1. The molecular weight excluding hydrogens is 268 g/mol. The number of rotatable bonds is 4. The summed E-state index contributed by atoms with van der Waals surface area (Å²) in [7, 11) is 0. The highest BCUT2D eigenvalue weighted by atomic mass is 32.2. The van der Waals surface area contributed by atoms with Crippen LogP contribution in [0.5, 0.6) is 0 Å². The summed E-state index contributed by atoms with van der Waals surface area (Å²) in [6.45, 7) is 1.92. The molecule has 0 radical (unpaired) electrons. The summed E-state index contributed by atoms with van der Waals surface area (Å²) in [4.78, 5) is 15.3. The lowest BCUT2D eigenvalue weighted by Gasteiger charge is -1.95. The molecule has 19 heavy (non-hydrogen) atoms. The van der Waals surface area contributed by atoms with E-state index in [0.717, 1.165) is 11.8 Å². The Morgan fingerprint density at radius 3 is 3.00 bits per heavy atom. The lowest BCUT2D eigenvalue weighted by Crippen LogP contribution is -2.04. The molecule has 0 fully saturated rings. The molecule has 0 aromatic carbocycles. The monoisotopic (exact) mass is 276 g/mol. The third kappa shape index (κ3) is 3.29. The van der Waals surface area contributed by atoms with Gasteiger partial charge in [0.2, 0.25) is 0 Å². The number of hydrogen-bond donors (Lipinski definition) is 0. The van der Waals surface area contributed by atoms with Crippen molar-refractivity contribution in [3.63, 3.8) is 0 Å². The summed E-state index contributed by atoms with van der Waals surface area (Å²) >= 11 is 1.09. The molecule has 0 aliphatic heterocycles. The van der Waals surface area contributed by atoms with Gasteiger partial charge in [-0.2, -0.15) is 5.26 Å². The Hall–Kier alpha value is -2.40. The van der Waals surface area contributed by atoms with Crippen LogP contribution in [0.3, 0.4) is 0 Å². The maximum atomic E-state index is 11.3. The van der Waals surface area contributed by atoms with Crippen LogP contribution >= 0.6 is 11.8 Å². The van der Waals surface area contributed by atoms with Crippen molar-refractivity contribution in [2.24, 2.45) is 0 Å². The lowest BCUT2D eigenvalue weighted by atomic mass is 10.3. The smallest absolute Gasteiger partial charge is 0.396 e. The van der Waals surface area contributed by atoms with Crippen LogP contribution in [0.4, 0.5) is 0 Å². The highest BCUT2D eigenvalue weighted by molar-refractivity contribution is 7.99. The molecule has 0 aliphatic rings. The van der Waals surface area contributed by atoms with Gasteiger partial charge in [0, 0.05) is 6.20 Å². The summed E-state index contributed by atoms with van der Waals surface area (Å²) in [5.74, 6) is -0.854. The minimum absolute atomic E-state index is 0.181. The molecule has 2 aromatic rings. The highest BCUT2D eigenvalue weighted by Gasteiger charge is 2.16. The van der Waals surface area contributed by atoms with Gasteiger partial charge in [0.15, 0.2) is 0 Å². The van der Waals surface area contributed by atoms with Crippen LogP contribution in [0.2, 0.25) is 0 Å². The van der Waals surface area contributed by atoms with Crippen molar-refractivity contribution < 1.29 is 13.9 Å². The van der Waals surface area contributed by atoms with Crippen molar-refractivity contribution in [3.05, 3.63) is 29.8 Å².